The van der Waals surface area contributed by atoms with Gasteiger partial charge in [-0.2, -0.15) is 0 Å². The number of hydrogen-bond donors (Lipinski definition) is 0. The minimum absolute atomic E-state index is 0.133. The van der Waals surface area contributed by atoms with E-state index in [9.17, 15) is 4.79 Å². The number of carbonyl (C=O) groups excluding carboxylic acids is 1. The van der Waals surface area contributed by atoms with Crippen LogP contribution in [-0.4, -0.2) is 11.6 Å². The molecule has 2 nitrogen and oxygen atoms in total. The fourth-order valence-corrected chi connectivity index (χ4v) is 3.85. The third-order valence-corrected chi connectivity index (χ3v) is 5.14. The molecule has 0 bridgehead atoms. The van der Waals surface area contributed by atoms with E-state index in [2.05, 4.69) is 27.7 Å². The first-order chi connectivity index (χ1) is 7.73. The quantitative estimate of drug-likeness (QED) is 0.684. The first-order valence-electron chi connectivity index (χ1n) is 6.93. The Labute approximate surface area is 105 Å². The third kappa shape index (κ3) is 2.51. The van der Waals surface area contributed by atoms with Crippen molar-refractivity contribution in [2.24, 2.45) is 23.2 Å². The Morgan fingerprint density at radius 1 is 1.24 bits per heavy atom. The molecule has 0 spiro atoms. The average molecular weight is 238 g/mol. The van der Waals surface area contributed by atoms with E-state index in [4.69, 9.17) is 4.74 Å². The maximum atomic E-state index is 11.3. The van der Waals surface area contributed by atoms with Crippen LogP contribution < -0.4 is 0 Å². The van der Waals surface area contributed by atoms with Crippen LogP contribution >= 0.6 is 0 Å². The fourth-order valence-electron chi connectivity index (χ4n) is 3.85. The normalized spacial score (nSPS) is 41.4. The van der Waals surface area contributed by atoms with Gasteiger partial charge in [-0.25, -0.2) is 0 Å². The third-order valence-electron chi connectivity index (χ3n) is 5.14. The van der Waals surface area contributed by atoms with E-state index in [1.165, 1.54) is 32.6 Å². The van der Waals surface area contributed by atoms with Crippen LogP contribution in [0.15, 0.2) is 0 Å². The summed E-state index contributed by atoms with van der Waals surface area (Å²) in [5.41, 5.74) is -0.210. The summed E-state index contributed by atoms with van der Waals surface area (Å²) < 4.78 is 5.61. The lowest BCUT2D eigenvalue weighted by Crippen LogP contribution is -2.45. The molecule has 0 aromatic rings. The monoisotopic (exact) mass is 238 g/mol. The molecule has 2 aliphatic rings. The minimum atomic E-state index is -0.343. The Morgan fingerprint density at radius 2 is 1.88 bits per heavy atom. The minimum Gasteiger partial charge on any atom is -0.459 e. The van der Waals surface area contributed by atoms with Crippen LogP contribution in [-0.2, 0) is 9.53 Å². The number of fused-ring (bicyclic) bond motifs is 1. The standard InChI is InChI=1S/C15H26O2/c1-10-6-12-7-13(12)9-15(5,8-10)14(3,4)17-11(2)16/h10,12-13H,6-9H2,1-5H3. The molecule has 98 valence electrons. The smallest absolute Gasteiger partial charge is 0.303 e. The highest BCUT2D eigenvalue weighted by molar-refractivity contribution is 5.66. The van der Waals surface area contributed by atoms with Gasteiger partial charge in [0.15, 0.2) is 0 Å². The van der Waals surface area contributed by atoms with E-state index in [1.54, 1.807) is 0 Å². The van der Waals surface area contributed by atoms with Crippen LogP contribution in [0.1, 0.15) is 60.3 Å². The number of esters is 1. The van der Waals surface area contributed by atoms with Crippen molar-refractivity contribution in [2.75, 3.05) is 0 Å². The Bertz CT molecular complexity index is 317. The van der Waals surface area contributed by atoms with Crippen molar-refractivity contribution in [3.63, 3.8) is 0 Å². The number of carbonyl (C=O) groups is 1. The Morgan fingerprint density at radius 3 is 2.47 bits per heavy atom. The van der Waals surface area contributed by atoms with E-state index < -0.39 is 0 Å². The largest absolute Gasteiger partial charge is 0.459 e. The topological polar surface area (TPSA) is 26.3 Å². The molecule has 4 atom stereocenters. The number of rotatable bonds is 2. The summed E-state index contributed by atoms with van der Waals surface area (Å²) in [6.07, 6.45) is 5.18. The van der Waals surface area contributed by atoms with Crippen molar-refractivity contribution in [1.29, 1.82) is 0 Å². The zero-order valence-electron chi connectivity index (χ0n) is 11.9. The van der Waals surface area contributed by atoms with E-state index in [0.717, 1.165) is 17.8 Å². The lowest BCUT2D eigenvalue weighted by molar-refractivity contribution is -0.169. The zero-order chi connectivity index (χ0) is 12.8. The molecule has 0 amide bonds. The number of ether oxygens (including phenoxy) is 1. The van der Waals surface area contributed by atoms with Gasteiger partial charge in [-0.15, -0.1) is 0 Å². The summed E-state index contributed by atoms with van der Waals surface area (Å²) in [5.74, 6) is 2.45. The maximum Gasteiger partial charge on any atom is 0.303 e. The summed E-state index contributed by atoms with van der Waals surface area (Å²) in [7, 11) is 0. The summed E-state index contributed by atoms with van der Waals surface area (Å²) in [5, 5.41) is 0. The molecule has 2 saturated carbocycles. The first kappa shape index (κ1) is 12.9. The predicted octanol–water partition coefficient (Wildman–Crippen LogP) is 3.79. The molecule has 0 aromatic carbocycles. The summed E-state index contributed by atoms with van der Waals surface area (Å²) in [6, 6.07) is 0. The molecule has 0 aromatic heterocycles. The Hall–Kier alpha value is -0.530. The summed E-state index contributed by atoms with van der Waals surface area (Å²) in [4.78, 5) is 11.3. The van der Waals surface area contributed by atoms with Gasteiger partial charge in [0, 0.05) is 12.3 Å². The highest BCUT2D eigenvalue weighted by atomic mass is 16.6. The molecule has 2 fully saturated rings. The lowest BCUT2D eigenvalue weighted by Gasteiger charge is -2.44. The molecule has 4 unspecified atom stereocenters. The molecule has 2 heteroatoms. The van der Waals surface area contributed by atoms with Crippen molar-refractivity contribution in [1.82, 2.24) is 0 Å². The van der Waals surface area contributed by atoms with Crippen molar-refractivity contribution in [3.8, 4) is 0 Å². The van der Waals surface area contributed by atoms with Gasteiger partial charge in [0.25, 0.3) is 0 Å². The molecule has 0 saturated heterocycles. The Kier molecular flexibility index (Phi) is 3.04. The molecule has 0 aliphatic heterocycles. The molecule has 0 N–H and O–H groups in total. The summed E-state index contributed by atoms with van der Waals surface area (Å²) >= 11 is 0. The van der Waals surface area contributed by atoms with Crippen LogP contribution in [0, 0.1) is 23.2 Å². The van der Waals surface area contributed by atoms with Crippen molar-refractivity contribution >= 4 is 5.97 Å². The molecule has 2 aliphatic carbocycles. The molecule has 2 rings (SSSR count). The molecule has 17 heavy (non-hydrogen) atoms. The van der Waals surface area contributed by atoms with E-state index in [-0.39, 0.29) is 17.0 Å². The van der Waals surface area contributed by atoms with Crippen LogP contribution in [0.4, 0.5) is 0 Å². The van der Waals surface area contributed by atoms with E-state index in [1.807, 2.05) is 0 Å². The van der Waals surface area contributed by atoms with Gasteiger partial charge in [0.05, 0.1) is 0 Å². The van der Waals surface area contributed by atoms with Gasteiger partial charge in [0.1, 0.15) is 5.60 Å². The van der Waals surface area contributed by atoms with Gasteiger partial charge < -0.3 is 4.74 Å². The van der Waals surface area contributed by atoms with Crippen molar-refractivity contribution < 1.29 is 9.53 Å². The van der Waals surface area contributed by atoms with Crippen LogP contribution in [0.5, 0.6) is 0 Å². The highest BCUT2D eigenvalue weighted by Gasteiger charge is 2.53. The van der Waals surface area contributed by atoms with Crippen molar-refractivity contribution in [3.05, 3.63) is 0 Å². The van der Waals surface area contributed by atoms with Gasteiger partial charge in [-0.3, -0.25) is 4.79 Å². The average Bonchev–Trinajstić information content (AvgIpc) is 2.78. The number of hydrogen-bond acceptors (Lipinski definition) is 2. The van der Waals surface area contributed by atoms with Gasteiger partial charge in [0.2, 0.25) is 0 Å². The van der Waals surface area contributed by atoms with Gasteiger partial charge in [-0.1, -0.05) is 13.8 Å². The van der Waals surface area contributed by atoms with Gasteiger partial charge >= 0.3 is 5.97 Å². The second-order valence-electron chi connectivity index (χ2n) is 7.17. The molecule has 0 heterocycles. The fraction of sp³-hybridized carbons (Fsp3) is 0.933. The van der Waals surface area contributed by atoms with Crippen molar-refractivity contribution in [2.45, 2.75) is 65.9 Å². The second kappa shape index (κ2) is 4.00. The first-order valence-corrected chi connectivity index (χ1v) is 6.93. The van der Waals surface area contributed by atoms with E-state index in [0.29, 0.717) is 0 Å². The molecule has 0 radical (unpaired) electrons. The SMILES string of the molecule is CC(=O)OC(C)(C)C1(C)CC(C)CC2CC2C1. The zero-order valence-corrected chi connectivity index (χ0v) is 11.9. The van der Waals surface area contributed by atoms with Crippen LogP contribution in [0.2, 0.25) is 0 Å². The Balaban J connectivity index is 2.17. The van der Waals surface area contributed by atoms with E-state index >= 15 is 0 Å². The highest BCUT2D eigenvalue weighted by Crippen LogP contribution is 2.58. The van der Waals surface area contributed by atoms with Crippen LogP contribution in [0.3, 0.4) is 0 Å². The second-order valence-corrected chi connectivity index (χ2v) is 7.17. The lowest BCUT2D eigenvalue weighted by atomic mass is 9.67. The molecular weight excluding hydrogens is 212 g/mol. The summed E-state index contributed by atoms with van der Waals surface area (Å²) in [6.45, 7) is 10.4. The van der Waals surface area contributed by atoms with Crippen LogP contribution in [0.25, 0.3) is 0 Å². The predicted molar refractivity (Wildman–Crippen MR) is 68.6 cm³/mol. The maximum absolute atomic E-state index is 11.3. The molecular formula is C15H26O2. The van der Waals surface area contributed by atoms with Gasteiger partial charge in [-0.05, 0) is 57.3 Å².